The Labute approximate surface area is 129 Å². The van der Waals surface area contributed by atoms with E-state index in [1.807, 2.05) is 45.0 Å². The summed E-state index contributed by atoms with van der Waals surface area (Å²) in [4.78, 5) is 20.2. The molecule has 0 aliphatic heterocycles. The third-order valence-corrected chi connectivity index (χ3v) is 3.95. The van der Waals surface area contributed by atoms with Crippen LogP contribution in [0.4, 0.5) is 5.69 Å². The summed E-state index contributed by atoms with van der Waals surface area (Å²) in [6.07, 6.45) is 2.01. The number of thioether (sulfide) groups is 1. The molecule has 110 valence electrons. The molecule has 1 aromatic heterocycles. The second-order valence-corrected chi connectivity index (χ2v) is 6.08. The zero-order valence-electron chi connectivity index (χ0n) is 12.5. The third-order valence-electron chi connectivity index (χ3n) is 3.02. The van der Waals surface area contributed by atoms with E-state index in [2.05, 4.69) is 15.3 Å². The zero-order chi connectivity index (χ0) is 15.2. The summed E-state index contributed by atoms with van der Waals surface area (Å²) in [6.45, 7) is 5.94. The number of amides is 1. The van der Waals surface area contributed by atoms with Crippen molar-refractivity contribution in [3.63, 3.8) is 0 Å². The maximum Gasteiger partial charge on any atom is 0.225 e. The molecule has 0 aliphatic rings. The van der Waals surface area contributed by atoms with Gasteiger partial charge in [0.05, 0.1) is 5.03 Å². The van der Waals surface area contributed by atoms with E-state index in [0.29, 0.717) is 12.2 Å². The van der Waals surface area contributed by atoms with E-state index >= 15 is 0 Å². The highest BCUT2D eigenvalue weighted by atomic mass is 32.2. The van der Waals surface area contributed by atoms with Gasteiger partial charge < -0.3 is 5.32 Å². The summed E-state index contributed by atoms with van der Waals surface area (Å²) in [5.41, 5.74) is 4.05. The van der Waals surface area contributed by atoms with Gasteiger partial charge in [-0.15, -0.1) is 11.8 Å². The van der Waals surface area contributed by atoms with Gasteiger partial charge in [-0.2, -0.15) is 0 Å². The minimum Gasteiger partial charge on any atom is -0.326 e. The van der Waals surface area contributed by atoms with E-state index in [4.69, 9.17) is 0 Å². The van der Waals surface area contributed by atoms with Gasteiger partial charge in [0.1, 0.15) is 6.33 Å². The van der Waals surface area contributed by atoms with Crippen LogP contribution in [-0.4, -0.2) is 21.6 Å². The number of nitrogens with zero attached hydrogens (tertiary/aromatic N) is 2. The van der Waals surface area contributed by atoms with Gasteiger partial charge in [0.15, 0.2) is 0 Å². The van der Waals surface area contributed by atoms with Crippen molar-refractivity contribution in [3.05, 3.63) is 47.4 Å². The van der Waals surface area contributed by atoms with Crippen LogP contribution in [0.15, 0.2) is 35.6 Å². The Morgan fingerprint density at radius 1 is 1.19 bits per heavy atom. The molecule has 21 heavy (non-hydrogen) atoms. The first-order valence-electron chi connectivity index (χ1n) is 6.83. The Bertz CT molecular complexity index is 643. The molecular formula is C16H19N3OS. The summed E-state index contributed by atoms with van der Waals surface area (Å²) < 4.78 is 0. The van der Waals surface area contributed by atoms with Gasteiger partial charge >= 0.3 is 0 Å². The fourth-order valence-corrected chi connectivity index (χ4v) is 2.71. The number of benzene rings is 1. The van der Waals surface area contributed by atoms with E-state index in [0.717, 1.165) is 27.5 Å². The van der Waals surface area contributed by atoms with Crippen LogP contribution in [0.2, 0.25) is 0 Å². The molecule has 1 aromatic carbocycles. The van der Waals surface area contributed by atoms with Crippen LogP contribution in [0.3, 0.4) is 0 Å². The average Bonchev–Trinajstić information content (AvgIpc) is 2.43. The van der Waals surface area contributed by atoms with Crippen molar-refractivity contribution < 1.29 is 4.79 Å². The maximum atomic E-state index is 12.0. The normalized spacial score (nSPS) is 10.4. The summed E-state index contributed by atoms with van der Waals surface area (Å²) in [5.74, 6) is 0.731. The minimum atomic E-state index is 0.0296. The second kappa shape index (κ2) is 7.22. The standard InChI is InChI=1S/C16H19N3OS/c1-11-4-5-12(2)14(8-11)19-15(20)6-7-21-16-9-13(3)17-10-18-16/h4-5,8-10H,6-7H2,1-3H3,(H,19,20). The molecule has 0 bridgehead atoms. The summed E-state index contributed by atoms with van der Waals surface area (Å²) in [5, 5.41) is 3.87. The molecule has 4 nitrogen and oxygen atoms in total. The molecule has 0 unspecified atom stereocenters. The fraction of sp³-hybridized carbons (Fsp3) is 0.312. The zero-order valence-corrected chi connectivity index (χ0v) is 13.3. The summed E-state index contributed by atoms with van der Waals surface area (Å²) in [7, 11) is 0. The van der Waals surface area contributed by atoms with Gasteiger partial charge in [-0.25, -0.2) is 9.97 Å². The molecule has 2 rings (SSSR count). The van der Waals surface area contributed by atoms with Crippen LogP contribution in [0.1, 0.15) is 23.2 Å². The van der Waals surface area contributed by atoms with E-state index in [-0.39, 0.29) is 5.91 Å². The van der Waals surface area contributed by atoms with Crippen LogP contribution in [0.25, 0.3) is 0 Å². The fourth-order valence-electron chi connectivity index (χ4n) is 1.84. The number of aryl methyl sites for hydroxylation is 3. The lowest BCUT2D eigenvalue weighted by atomic mass is 10.1. The first kappa shape index (κ1) is 15.5. The van der Waals surface area contributed by atoms with Gasteiger partial charge in [-0.05, 0) is 44.0 Å². The molecule has 0 atom stereocenters. The number of hydrogen-bond acceptors (Lipinski definition) is 4. The van der Waals surface area contributed by atoms with E-state index in [9.17, 15) is 4.79 Å². The molecule has 0 saturated heterocycles. The Morgan fingerprint density at radius 3 is 2.76 bits per heavy atom. The van der Waals surface area contributed by atoms with E-state index < -0.39 is 0 Å². The number of carbonyl (C=O) groups excluding carboxylic acids is 1. The molecule has 1 heterocycles. The molecule has 2 aromatic rings. The average molecular weight is 301 g/mol. The maximum absolute atomic E-state index is 12.0. The quantitative estimate of drug-likeness (QED) is 0.678. The first-order valence-corrected chi connectivity index (χ1v) is 7.82. The molecule has 5 heteroatoms. The highest BCUT2D eigenvalue weighted by Crippen LogP contribution is 2.18. The van der Waals surface area contributed by atoms with Crippen LogP contribution in [-0.2, 0) is 4.79 Å². The first-order chi connectivity index (χ1) is 10.0. The highest BCUT2D eigenvalue weighted by Gasteiger charge is 2.06. The number of rotatable bonds is 5. The summed E-state index contributed by atoms with van der Waals surface area (Å²) in [6, 6.07) is 7.98. The molecule has 1 amide bonds. The van der Waals surface area contributed by atoms with Crippen molar-refractivity contribution >= 4 is 23.4 Å². The van der Waals surface area contributed by atoms with Gasteiger partial charge in [0.25, 0.3) is 0 Å². The van der Waals surface area contributed by atoms with Gasteiger partial charge in [-0.3, -0.25) is 4.79 Å². The van der Waals surface area contributed by atoms with Crippen molar-refractivity contribution in [1.29, 1.82) is 0 Å². The predicted molar refractivity (Wildman–Crippen MR) is 86.7 cm³/mol. The van der Waals surface area contributed by atoms with Crippen molar-refractivity contribution in [3.8, 4) is 0 Å². The van der Waals surface area contributed by atoms with Crippen molar-refractivity contribution in [2.24, 2.45) is 0 Å². The van der Waals surface area contributed by atoms with Gasteiger partial charge in [0, 0.05) is 23.6 Å². The Morgan fingerprint density at radius 2 is 2.00 bits per heavy atom. The summed E-state index contributed by atoms with van der Waals surface area (Å²) >= 11 is 1.57. The molecular weight excluding hydrogens is 282 g/mol. The molecule has 0 spiro atoms. The van der Waals surface area contributed by atoms with Gasteiger partial charge in [0.2, 0.25) is 5.91 Å². The van der Waals surface area contributed by atoms with Crippen LogP contribution >= 0.6 is 11.8 Å². The smallest absolute Gasteiger partial charge is 0.225 e. The number of hydrogen-bond donors (Lipinski definition) is 1. The lowest BCUT2D eigenvalue weighted by Crippen LogP contribution is -2.13. The van der Waals surface area contributed by atoms with Crippen LogP contribution in [0, 0.1) is 20.8 Å². The lowest BCUT2D eigenvalue weighted by Gasteiger charge is -2.09. The predicted octanol–water partition coefficient (Wildman–Crippen LogP) is 3.52. The molecule has 1 N–H and O–H groups in total. The Balaban J connectivity index is 1.84. The van der Waals surface area contributed by atoms with E-state index in [1.165, 1.54) is 0 Å². The SMILES string of the molecule is Cc1ccc(C)c(NC(=O)CCSc2cc(C)ncn2)c1. The number of nitrogens with one attached hydrogen (secondary N) is 1. The molecule has 0 saturated carbocycles. The minimum absolute atomic E-state index is 0.0296. The second-order valence-electron chi connectivity index (χ2n) is 4.96. The Hall–Kier alpha value is -1.88. The van der Waals surface area contributed by atoms with Crippen molar-refractivity contribution in [2.45, 2.75) is 32.2 Å². The third kappa shape index (κ3) is 4.86. The molecule has 0 fully saturated rings. The Kier molecular flexibility index (Phi) is 5.33. The highest BCUT2D eigenvalue weighted by molar-refractivity contribution is 7.99. The van der Waals surface area contributed by atoms with Crippen LogP contribution in [0.5, 0.6) is 0 Å². The molecule has 0 aliphatic carbocycles. The van der Waals surface area contributed by atoms with Crippen LogP contribution < -0.4 is 5.32 Å². The van der Waals surface area contributed by atoms with Crippen molar-refractivity contribution in [1.82, 2.24) is 9.97 Å². The molecule has 0 radical (unpaired) electrons. The monoisotopic (exact) mass is 301 g/mol. The topological polar surface area (TPSA) is 54.9 Å². The number of carbonyl (C=O) groups is 1. The number of aromatic nitrogens is 2. The largest absolute Gasteiger partial charge is 0.326 e. The lowest BCUT2D eigenvalue weighted by molar-refractivity contribution is -0.115. The number of anilines is 1. The van der Waals surface area contributed by atoms with E-state index in [1.54, 1.807) is 18.1 Å². The van der Waals surface area contributed by atoms with Gasteiger partial charge in [-0.1, -0.05) is 12.1 Å². The van der Waals surface area contributed by atoms with Crippen molar-refractivity contribution in [2.75, 3.05) is 11.1 Å².